The molecule has 0 saturated heterocycles. The zero-order valence-corrected chi connectivity index (χ0v) is 9.59. The molecule has 1 heterocycles. The monoisotopic (exact) mass is 248 g/mol. The molecular weight excluding hydrogens is 240 g/mol. The van der Waals surface area contributed by atoms with Crippen LogP contribution in [-0.4, -0.2) is 6.21 Å². The first kappa shape index (κ1) is 9.42. The predicted molar refractivity (Wildman–Crippen MR) is 60.0 cm³/mol. The quantitative estimate of drug-likeness (QED) is 0.694. The summed E-state index contributed by atoms with van der Waals surface area (Å²) in [5, 5.41) is 8.80. The molecule has 0 atom stereocenters. The van der Waals surface area contributed by atoms with E-state index in [0.717, 1.165) is 15.7 Å². The van der Waals surface area contributed by atoms with Crippen LogP contribution in [0.3, 0.4) is 0 Å². The number of halogens is 1. The molecule has 0 amide bonds. The molecule has 3 heteroatoms. The van der Waals surface area contributed by atoms with Crippen LogP contribution >= 0.6 is 15.9 Å². The number of benzene rings is 1. The molecule has 0 aromatic heterocycles. The van der Waals surface area contributed by atoms with Crippen molar-refractivity contribution in [3.63, 3.8) is 0 Å². The third-order valence-corrected chi connectivity index (χ3v) is 2.99. The molecule has 0 N–H and O–H groups in total. The van der Waals surface area contributed by atoms with Crippen molar-refractivity contribution in [2.24, 2.45) is 4.99 Å². The average molecular weight is 249 g/mol. The van der Waals surface area contributed by atoms with Crippen molar-refractivity contribution in [2.45, 2.75) is 19.3 Å². The maximum absolute atomic E-state index is 8.80. The van der Waals surface area contributed by atoms with Crippen LogP contribution in [0.15, 0.2) is 21.6 Å². The van der Waals surface area contributed by atoms with Gasteiger partial charge in [-0.3, -0.25) is 4.99 Å². The number of rotatable bonds is 0. The van der Waals surface area contributed by atoms with Gasteiger partial charge >= 0.3 is 0 Å². The Balaban J connectivity index is 2.71. The first-order chi connectivity index (χ1) is 6.54. The minimum absolute atomic E-state index is 0.0395. The fourth-order valence-corrected chi connectivity index (χ4v) is 2.65. The number of nitrogens with zero attached hydrogens (tertiary/aromatic N) is 2. The summed E-state index contributed by atoms with van der Waals surface area (Å²) in [6.07, 6.45) is 1.92. The van der Waals surface area contributed by atoms with Gasteiger partial charge in [0.05, 0.1) is 17.3 Å². The molecule has 0 saturated carbocycles. The number of nitriles is 1. The van der Waals surface area contributed by atoms with E-state index in [0.29, 0.717) is 5.56 Å². The van der Waals surface area contributed by atoms with Crippen LogP contribution in [0.5, 0.6) is 0 Å². The van der Waals surface area contributed by atoms with Crippen LogP contribution in [0.2, 0.25) is 0 Å². The van der Waals surface area contributed by atoms with E-state index in [4.69, 9.17) is 5.26 Å². The Hall–Kier alpha value is -1.14. The van der Waals surface area contributed by atoms with E-state index in [2.05, 4.69) is 40.8 Å². The van der Waals surface area contributed by atoms with Crippen LogP contribution < -0.4 is 0 Å². The van der Waals surface area contributed by atoms with E-state index in [1.807, 2.05) is 18.3 Å². The molecule has 0 aliphatic carbocycles. The van der Waals surface area contributed by atoms with Gasteiger partial charge in [0, 0.05) is 21.7 Å². The van der Waals surface area contributed by atoms with Crippen molar-refractivity contribution in [1.82, 2.24) is 0 Å². The first-order valence-electron chi connectivity index (χ1n) is 4.34. The second kappa shape index (κ2) is 2.93. The van der Waals surface area contributed by atoms with Crippen LogP contribution in [0.4, 0.5) is 5.69 Å². The molecule has 1 aliphatic heterocycles. The summed E-state index contributed by atoms with van der Waals surface area (Å²) < 4.78 is 0.967. The molecule has 0 fully saturated rings. The molecule has 2 rings (SSSR count). The van der Waals surface area contributed by atoms with E-state index in [1.165, 1.54) is 0 Å². The molecule has 0 bridgehead atoms. The zero-order valence-electron chi connectivity index (χ0n) is 8.00. The lowest BCUT2D eigenvalue weighted by molar-refractivity contribution is 0.748. The Morgan fingerprint density at radius 2 is 2.14 bits per heavy atom. The smallest absolute Gasteiger partial charge is 0.0992 e. The highest BCUT2D eigenvalue weighted by Gasteiger charge is 2.29. The summed E-state index contributed by atoms with van der Waals surface area (Å²) in [7, 11) is 0. The first-order valence-corrected chi connectivity index (χ1v) is 5.13. The SMILES string of the molecule is CC1(C)C=Nc2cc(C#N)cc(Br)c21. The third-order valence-electron chi connectivity index (χ3n) is 2.37. The molecule has 1 aliphatic rings. The molecule has 70 valence electrons. The highest BCUT2D eigenvalue weighted by molar-refractivity contribution is 9.10. The molecule has 0 spiro atoms. The fraction of sp³-hybridized carbons (Fsp3) is 0.273. The van der Waals surface area contributed by atoms with Crippen molar-refractivity contribution in [1.29, 1.82) is 5.26 Å². The second-order valence-electron chi connectivity index (χ2n) is 3.94. The normalized spacial score (nSPS) is 16.4. The van der Waals surface area contributed by atoms with Gasteiger partial charge in [-0.15, -0.1) is 0 Å². The van der Waals surface area contributed by atoms with Crippen molar-refractivity contribution >= 4 is 27.8 Å². The second-order valence-corrected chi connectivity index (χ2v) is 4.80. The lowest BCUT2D eigenvalue weighted by Crippen LogP contribution is -2.15. The Bertz CT molecular complexity index is 467. The Kier molecular flexibility index (Phi) is 1.97. The Morgan fingerprint density at radius 3 is 2.79 bits per heavy atom. The topological polar surface area (TPSA) is 36.1 Å². The Labute approximate surface area is 91.4 Å². The van der Waals surface area contributed by atoms with E-state index >= 15 is 0 Å². The van der Waals surface area contributed by atoms with Gasteiger partial charge in [-0.05, 0) is 12.1 Å². The Morgan fingerprint density at radius 1 is 1.43 bits per heavy atom. The molecule has 0 radical (unpaired) electrons. The van der Waals surface area contributed by atoms with E-state index in [9.17, 15) is 0 Å². The average Bonchev–Trinajstić information content (AvgIpc) is 2.42. The fourth-order valence-electron chi connectivity index (χ4n) is 1.69. The van der Waals surface area contributed by atoms with E-state index in [1.54, 1.807) is 0 Å². The van der Waals surface area contributed by atoms with Gasteiger partial charge in [-0.1, -0.05) is 29.8 Å². The zero-order chi connectivity index (χ0) is 10.3. The van der Waals surface area contributed by atoms with Gasteiger partial charge in [0.1, 0.15) is 0 Å². The molecule has 1 aromatic rings. The van der Waals surface area contributed by atoms with Gasteiger partial charge in [0.25, 0.3) is 0 Å². The summed E-state index contributed by atoms with van der Waals surface area (Å²) >= 11 is 3.48. The van der Waals surface area contributed by atoms with E-state index in [-0.39, 0.29) is 5.41 Å². The number of aliphatic imine (C=N–C) groups is 1. The van der Waals surface area contributed by atoms with Crippen LogP contribution in [0.25, 0.3) is 0 Å². The number of hydrogen-bond acceptors (Lipinski definition) is 2. The minimum atomic E-state index is -0.0395. The predicted octanol–water partition coefficient (Wildman–Crippen LogP) is 3.31. The summed E-state index contributed by atoms with van der Waals surface area (Å²) in [4.78, 5) is 4.32. The number of fused-ring (bicyclic) bond motifs is 1. The van der Waals surface area contributed by atoms with Gasteiger partial charge in [0.2, 0.25) is 0 Å². The van der Waals surface area contributed by atoms with E-state index < -0.39 is 0 Å². The van der Waals surface area contributed by atoms with Crippen molar-refractivity contribution in [2.75, 3.05) is 0 Å². The van der Waals surface area contributed by atoms with Crippen LogP contribution in [0.1, 0.15) is 25.0 Å². The molecule has 2 nitrogen and oxygen atoms in total. The largest absolute Gasteiger partial charge is 0.260 e. The number of hydrogen-bond donors (Lipinski definition) is 0. The van der Waals surface area contributed by atoms with Crippen molar-refractivity contribution in [3.05, 3.63) is 27.7 Å². The van der Waals surface area contributed by atoms with Gasteiger partial charge in [0.15, 0.2) is 0 Å². The maximum atomic E-state index is 8.80. The summed E-state index contributed by atoms with van der Waals surface area (Å²) in [5.74, 6) is 0. The summed E-state index contributed by atoms with van der Waals surface area (Å²) in [6.45, 7) is 4.22. The lowest BCUT2D eigenvalue weighted by atomic mass is 9.87. The molecule has 0 unspecified atom stereocenters. The third kappa shape index (κ3) is 1.27. The summed E-state index contributed by atoms with van der Waals surface area (Å²) in [5.41, 5.74) is 2.67. The van der Waals surface area contributed by atoms with Gasteiger partial charge < -0.3 is 0 Å². The van der Waals surface area contributed by atoms with Crippen LogP contribution in [0, 0.1) is 11.3 Å². The van der Waals surface area contributed by atoms with Crippen LogP contribution in [-0.2, 0) is 5.41 Å². The highest BCUT2D eigenvalue weighted by atomic mass is 79.9. The van der Waals surface area contributed by atoms with Crippen molar-refractivity contribution < 1.29 is 0 Å². The van der Waals surface area contributed by atoms with Crippen molar-refractivity contribution in [3.8, 4) is 6.07 Å². The standard InChI is InChI=1S/C11H9BrN2/c1-11(2)6-14-9-4-7(5-13)3-8(12)10(9)11/h3-4,6H,1-2H3. The maximum Gasteiger partial charge on any atom is 0.0992 e. The lowest BCUT2D eigenvalue weighted by Gasteiger charge is -2.17. The van der Waals surface area contributed by atoms with Gasteiger partial charge in [-0.25, -0.2) is 0 Å². The molecule has 1 aromatic carbocycles. The minimum Gasteiger partial charge on any atom is -0.260 e. The van der Waals surface area contributed by atoms with Gasteiger partial charge in [-0.2, -0.15) is 5.26 Å². The molecule has 14 heavy (non-hydrogen) atoms. The highest BCUT2D eigenvalue weighted by Crippen LogP contribution is 2.41. The molecular formula is C11H9BrN2. The summed E-state index contributed by atoms with van der Waals surface area (Å²) in [6, 6.07) is 5.79.